The number of fused-ring (bicyclic) bond motifs is 2. The summed E-state index contributed by atoms with van der Waals surface area (Å²) in [6, 6.07) is 10.1. The number of hydrogen-bond donors (Lipinski definition) is 0. The van der Waals surface area contributed by atoms with Gasteiger partial charge in [-0.05, 0) is 37.6 Å². The highest BCUT2D eigenvalue weighted by atomic mass is 15.0. The predicted molar refractivity (Wildman–Crippen MR) is 103 cm³/mol. The van der Waals surface area contributed by atoms with E-state index >= 15 is 0 Å². The third kappa shape index (κ3) is 4.69. The van der Waals surface area contributed by atoms with Gasteiger partial charge < -0.3 is 8.80 Å². The first kappa shape index (κ1) is 19.4. The maximum absolute atomic E-state index is 4.18. The van der Waals surface area contributed by atoms with Crippen LogP contribution in [0, 0.1) is 13.8 Å². The zero-order valence-corrected chi connectivity index (χ0v) is 15.6. The van der Waals surface area contributed by atoms with E-state index < -0.39 is 0 Å². The van der Waals surface area contributed by atoms with Crippen molar-refractivity contribution in [2.24, 2.45) is 0 Å². The van der Waals surface area contributed by atoms with E-state index in [0.29, 0.717) is 0 Å². The highest BCUT2D eigenvalue weighted by Gasteiger charge is 1.93. The Hall–Kier alpha value is -2.62. The Labute approximate surface area is 144 Å². The highest BCUT2D eigenvalue weighted by molar-refractivity contribution is 5.46. The molecule has 0 aliphatic carbocycles. The second-order valence-electron chi connectivity index (χ2n) is 4.67. The lowest BCUT2D eigenvalue weighted by Gasteiger charge is -1.95. The van der Waals surface area contributed by atoms with Gasteiger partial charge in [0.05, 0.1) is 0 Å². The van der Waals surface area contributed by atoms with E-state index in [9.17, 15) is 0 Å². The first-order valence-corrected chi connectivity index (χ1v) is 8.53. The summed E-state index contributed by atoms with van der Waals surface area (Å²) in [6.45, 7) is 12.1. The Morgan fingerprint density at radius 2 is 1.46 bits per heavy atom. The monoisotopic (exact) mass is 324 g/mol. The van der Waals surface area contributed by atoms with Crippen molar-refractivity contribution in [3.05, 3.63) is 72.6 Å². The predicted octanol–water partition coefficient (Wildman–Crippen LogP) is 5.34. The fourth-order valence-electron chi connectivity index (χ4n) is 2.18. The minimum Gasteiger partial charge on any atom is -0.307 e. The van der Waals surface area contributed by atoms with Crippen LogP contribution in [0.5, 0.6) is 0 Å². The van der Waals surface area contributed by atoms with Gasteiger partial charge >= 0.3 is 0 Å². The van der Waals surface area contributed by atoms with E-state index in [1.807, 2.05) is 81.3 Å². The van der Waals surface area contributed by atoms with Gasteiger partial charge in [0.25, 0.3) is 0 Å². The molecular formula is C20H28N4. The van der Waals surface area contributed by atoms with Gasteiger partial charge in [0, 0.05) is 36.7 Å². The molecule has 0 aliphatic rings. The maximum atomic E-state index is 4.18. The molecule has 4 aromatic rings. The number of rotatable bonds is 0. The first-order valence-electron chi connectivity index (χ1n) is 8.53. The van der Waals surface area contributed by atoms with E-state index in [2.05, 4.69) is 40.3 Å². The molecule has 4 aromatic heterocycles. The Bertz CT molecular complexity index is 771. The van der Waals surface area contributed by atoms with Crippen molar-refractivity contribution in [3.8, 4) is 0 Å². The van der Waals surface area contributed by atoms with Crippen LogP contribution < -0.4 is 0 Å². The molecule has 4 heterocycles. The zero-order chi connectivity index (χ0) is 17.9. The van der Waals surface area contributed by atoms with Gasteiger partial charge in [-0.1, -0.05) is 39.8 Å². The molecule has 0 N–H and O–H groups in total. The fourth-order valence-corrected chi connectivity index (χ4v) is 2.18. The molecule has 0 amide bonds. The average molecular weight is 324 g/mol. The topological polar surface area (TPSA) is 34.6 Å². The number of aromatic nitrogens is 4. The molecule has 0 saturated heterocycles. The van der Waals surface area contributed by atoms with Gasteiger partial charge in [0.1, 0.15) is 11.3 Å². The van der Waals surface area contributed by atoms with Crippen LogP contribution in [0.3, 0.4) is 0 Å². The molecule has 0 saturated carbocycles. The van der Waals surface area contributed by atoms with Crippen molar-refractivity contribution in [2.45, 2.75) is 41.5 Å². The first-order chi connectivity index (χ1) is 11.8. The Kier molecular flexibility index (Phi) is 8.26. The lowest BCUT2D eigenvalue weighted by molar-refractivity contribution is 1.09. The lowest BCUT2D eigenvalue weighted by Crippen LogP contribution is -1.86. The van der Waals surface area contributed by atoms with Crippen LogP contribution in [0.25, 0.3) is 11.3 Å². The number of pyridine rings is 2. The van der Waals surface area contributed by atoms with Crippen molar-refractivity contribution < 1.29 is 0 Å². The molecule has 0 atom stereocenters. The third-order valence-corrected chi connectivity index (χ3v) is 3.25. The van der Waals surface area contributed by atoms with E-state index in [-0.39, 0.29) is 0 Å². The maximum Gasteiger partial charge on any atom is 0.139 e. The molecule has 128 valence electrons. The van der Waals surface area contributed by atoms with Gasteiger partial charge in [-0.15, -0.1) is 0 Å². The summed E-state index contributed by atoms with van der Waals surface area (Å²) < 4.78 is 4.06. The number of hydrogen-bond acceptors (Lipinski definition) is 2. The fraction of sp³-hybridized carbons (Fsp3) is 0.300. The summed E-state index contributed by atoms with van der Waals surface area (Å²) in [5.74, 6) is 0. The number of nitrogens with zero attached hydrogens (tertiary/aromatic N) is 4. The zero-order valence-electron chi connectivity index (χ0n) is 15.6. The largest absolute Gasteiger partial charge is 0.307 e. The van der Waals surface area contributed by atoms with Crippen molar-refractivity contribution in [1.82, 2.24) is 18.8 Å². The molecule has 0 aliphatic heterocycles. The quantitative estimate of drug-likeness (QED) is 0.438. The third-order valence-electron chi connectivity index (χ3n) is 3.25. The minimum atomic E-state index is 1.01. The van der Waals surface area contributed by atoms with Crippen molar-refractivity contribution in [1.29, 1.82) is 0 Å². The SMILES string of the molecule is CC.CC.Cc1cccc2nccn12.Cc1cccn2ccnc12. The number of imidazole rings is 2. The van der Waals surface area contributed by atoms with E-state index in [0.717, 1.165) is 11.3 Å². The molecule has 0 bridgehead atoms. The second kappa shape index (κ2) is 10.2. The van der Waals surface area contributed by atoms with Crippen LogP contribution in [0.2, 0.25) is 0 Å². The summed E-state index contributed by atoms with van der Waals surface area (Å²) in [6.07, 6.45) is 9.52. The van der Waals surface area contributed by atoms with Crippen LogP contribution in [0.15, 0.2) is 61.3 Å². The van der Waals surface area contributed by atoms with Crippen LogP contribution in [0.4, 0.5) is 0 Å². The highest BCUT2D eigenvalue weighted by Crippen LogP contribution is 2.05. The lowest BCUT2D eigenvalue weighted by atomic mass is 10.3. The average Bonchev–Trinajstić information content (AvgIpc) is 3.29. The van der Waals surface area contributed by atoms with Crippen LogP contribution in [-0.2, 0) is 0 Å². The van der Waals surface area contributed by atoms with E-state index in [1.54, 1.807) is 0 Å². The van der Waals surface area contributed by atoms with Crippen molar-refractivity contribution in [2.75, 3.05) is 0 Å². The van der Waals surface area contributed by atoms with Crippen LogP contribution in [-0.4, -0.2) is 18.8 Å². The molecule has 4 heteroatoms. The summed E-state index contributed by atoms with van der Waals surface area (Å²) in [5, 5.41) is 0. The van der Waals surface area contributed by atoms with Gasteiger partial charge in [0.15, 0.2) is 0 Å². The molecule has 4 rings (SSSR count). The van der Waals surface area contributed by atoms with Gasteiger partial charge in [-0.3, -0.25) is 0 Å². The van der Waals surface area contributed by atoms with Gasteiger partial charge in [0.2, 0.25) is 0 Å². The molecular weight excluding hydrogens is 296 g/mol. The molecule has 0 fully saturated rings. The summed E-state index contributed by atoms with van der Waals surface area (Å²) in [5.41, 5.74) is 4.49. The van der Waals surface area contributed by atoms with E-state index in [1.165, 1.54) is 11.3 Å². The molecule has 4 nitrogen and oxygen atoms in total. The van der Waals surface area contributed by atoms with Crippen LogP contribution >= 0.6 is 0 Å². The summed E-state index contributed by atoms with van der Waals surface area (Å²) >= 11 is 0. The smallest absolute Gasteiger partial charge is 0.139 e. The molecule has 0 aromatic carbocycles. The summed E-state index contributed by atoms with van der Waals surface area (Å²) in [7, 11) is 0. The Morgan fingerprint density at radius 3 is 2.12 bits per heavy atom. The minimum absolute atomic E-state index is 1.01. The van der Waals surface area contributed by atoms with Crippen molar-refractivity contribution in [3.63, 3.8) is 0 Å². The molecule has 0 spiro atoms. The normalized spacial score (nSPS) is 9.25. The van der Waals surface area contributed by atoms with Gasteiger partial charge in [-0.25, -0.2) is 9.97 Å². The Morgan fingerprint density at radius 1 is 0.750 bits per heavy atom. The molecule has 24 heavy (non-hydrogen) atoms. The molecule has 0 unspecified atom stereocenters. The van der Waals surface area contributed by atoms with Crippen molar-refractivity contribution >= 4 is 11.3 Å². The van der Waals surface area contributed by atoms with E-state index in [4.69, 9.17) is 0 Å². The molecule has 0 radical (unpaired) electrons. The Balaban J connectivity index is 0.000000199. The number of aryl methyl sites for hydroxylation is 2. The van der Waals surface area contributed by atoms with Gasteiger partial charge in [-0.2, -0.15) is 0 Å². The standard InChI is InChI=1S/2C8H8N2.2C2H6/c1-7-3-2-5-10-6-4-9-8(7)10;1-7-3-2-4-8-9-5-6-10(7)8;2*1-2/h2*2-6H,1H3;2*1-2H3. The second-order valence-corrected chi connectivity index (χ2v) is 4.67. The van der Waals surface area contributed by atoms with Crippen LogP contribution in [0.1, 0.15) is 39.0 Å². The summed E-state index contributed by atoms with van der Waals surface area (Å²) in [4.78, 5) is 8.32.